The first-order chi connectivity index (χ1) is 13.8. The monoisotopic (exact) mass is 408 g/mol. The highest BCUT2D eigenvalue weighted by Gasteiger charge is 2.39. The standard InChI is InChI=1S/C20H23F3N4O2/c1-29-19(28)26-13-6-7-14-12-8-9-25-17(10-12)15(24)4-2-3-5-18(20(21,22)23)27-16(14)11-13/h6-11,15,18,27H,2-5,24H2,1H3,(H,26,28). The number of fused-ring (bicyclic) bond motifs is 4. The molecule has 1 aliphatic heterocycles. The Hall–Kier alpha value is -2.81. The molecule has 29 heavy (non-hydrogen) atoms. The van der Waals surface area contributed by atoms with Crippen LogP contribution in [0.1, 0.15) is 37.4 Å². The maximum atomic E-state index is 13.6. The smallest absolute Gasteiger partial charge is 0.411 e. The summed E-state index contributed by atoms with van der Waals surface area (Å²) >= 11 is 0. The Balaban J connectivity index is 2.09. The Bertz CT molecular complexity index is 873. The van der Waals surface area contributed by atoms with Gasteiger partial charge in [-0.25, -0.2) is 4.79 Å². The minimum Gasteiger partial charge on any atom is -0.453 e. The molecule has 156 valence electrons. The largest absolute Gasteiger partial charge is 0.453 e. The highest BCUT2D eigenvalue weighted by atomic mass is 19.4. The fourth-order valence-electron chi connectivity index (χ4n) is 3.35. The van der Waals surface area contributed by atoms with Crippen molar-refractivity contribution in [1.82, 2.24) is 4.98 Å². The zero-order chi connectivity index (χ0) is 21.0. The molecule has 1 aromatic carbocycles. The lowest BCUT2D eigenvalue weighted by Crippen LogP contribution is -2.36. The summed E-state index contributed by atoms with van der Waals surface area (Å²) in [6.45, 7) is 0. The number of rotatable bonds is 1. The quantitative estimate of drug-likeness (QED) is 0.628. The van der Waals surface area contributed by atoms with Gasteiger partial charge in [-0.2, -0.15) is 13.2 Å². The van der Waals surface area contributed by atoms with E-state index in [9.17, 15) is 18.0 Å². The molecule has 0 spiro atoms. The minimum absolute atomic E-state index is 0.0777. The summed E-state index contributed by atoms with van der Waals surface area (Å²) in [6.07, 6.45) is -2.09. The molecule has 0 saturated heterocycles. The van der Waals surface area contributed by atoms with Crippen molar-refractivity contribution >= 4 is 17.5 Å². The average molecular weight is 408 g/mol. The Labute approximate surface area is 166 Å². The van der Waals surface area contributed by atoms with E-state index in [0.717, 1.165) is 0 Å². The van der Waals surface area contributed by atoms with Gasteiger partial charge < -0.3 is 15.8 Å². The van der Waals surface area contributed by atoms with Crippen LogP contribution in [-0.4, -0.2) is 30.4 Å². The number of ether oxygens (including phenoxy) is 1. The molecule has 0 saturated carbocycles. The predicted octanol–water partition coefficient (Wildman–Crippen LogP) is 4.84. The van der Waals surface area contributed by atoms with Gasteiger partial charge in [0.1, 0.15) is 6.04 Å². The Morgan fingerprint density at radius 3 is 2.72 bits per heavy atom. The molecule has 0 aliphatic carbocycles. The van der Waals surface area contributed by atoms with Crippen molar-refractivity contribution < 1.29 is 22.7 Å². The molecule has 2 bridgehead atoms. The number of alkyl halides is 3. The minimum atomic E-state index is -4.42. The van der Waals surface area contributed by atoms with Gasteiger partial charge in [0.2, 0.25) is 0 Å². The first-order valence-corrected chi connectivity index (χ1v) is 9.32. The van der Waals surface area contributed by atoms with E-state index in [2.05, 4.69) is 20.4 Å². The first kappa shape index (κ1) is 20.9. The maximum Gasteiger partial charge on any atom is 0.411 e. The summed E-state index contributed by atoms with van der Waals surface area (Å²) in [5.41, 5.74) is 8.72. The molecule has 1 amide bonds. The molecule has 6 nitrogen and oxygen atoms in total. The number of carbonyl (C=O) groups excluding carboxylic acids is 1. The number of hydrogen-bond acceptors (Lipinski definition) is 5. The van der Waals surface area contributed by atoms with Gasteiger partial charge in [0.05, 0.1) is 12.8 Å². The summed E-state index contributed by atoms with van der Waals surface area (Å²) in [7, 11) is 1.21. The van der Waals surface area contributed by atoms with Crippen LogP contribution in [0.25, 0.3) is 11.1 Å². The topological polar surface area (TPSA) is 89.3 Å². The molecule has 2 unspecified atom stereocenters. The molecular weight excluding hydrogens is 385 g/mol. The Kier molecular flexibility index (Phi) is 6.26. The van der Waals surface area contributed by atoms with Crippen LogP contribution < -0.4 is 16.4 Å². The van der Waals surface area contributed by atoms with Gasteiger partial charge in [-0.05, 0) is 42.7 Å². The van der Waals surface area contributed by atoms with Crippen molar-refractivity contribution in [2.24, 2.45) is 5.73 Å². The van der Waals surface area contributed by atoms with Crippen LogP contribution in [-0.2, 0) is 4.74 Å². The van der Waals surface area contributed by atoms with Gasteiger partial charge in [0, 0.05) is 29.2 Å². The van der Waals surface area contributed by atoms with E-state index in [1.165, 1.54) is 13.2 Å². The molecule has 9 heteroatoms. The van der Waals surface area contributed by atoms with Crippen LogP contribution in [0, 0.1) is 0 Å². The first-order valence-electron chi connectivity index (χ1n) is 9.32. The second-order valence-corrected chi connectivity index (χ2v) is 6.98. The molecule has 1 aliphatic rings. The highest BCUT2D eigenvalue weighted by Crippen LogP contribution is 2.36. The number of nitrogens with one attached hydrogen (secondary N) is 2. The molecule has 1 aromatic heterocycles. The summed E-state index contributed by atoms with van der Waals surface area (Å²) < 4.78 is 45.5. The van der Waals surface area contributed by atoms with Crippen molar-refractivity contribution in [1.29, 1.82) is 0 Å². The van der Waals surface area contributed by atoms with Crippen LogP contribution in [0.5, 0.6) is 0 Å². The van der Waals surface area contributed by atoms with E-state index in [4.69, 9.17) is 5.73 Å². The molecule has 2 heterocycles. The third-order valence-corrected chi connectivity index (χ3v) is 4.91. The number of hydrogen-bond donors (Lipinski definition) is 3. The van der Waals surface area contributed by atoms with Gasteiger partial charge >= 0.3 is 12.3 Å². The van der Waals surface area contributed by atoms with E-state index < -0.39 is 18.3 Å². The predicted molar refractivity (Wildman–Crippen MR) is 105 cm³/mol. The Morgan fingerprint density at radius 2 is 2.00 bits per heavy atom. The number of nitrogens with two attached hydrogens (primary N) is 1. The van der Waals surface area contributed by atoms with E-state index in [1.807, 2.05) is 0 Å². The third-order valence-electron chi connectivity index (χ3n) is 4.91. The van der Waals surface area contributed by atoms with Gasteiger partial charge in [-0.3, -0.25) is 10.3 Å². The summed E-state index contributed by atoms with van der Waals surface area (Å²) in [5, 5.41) is 5.12. The molecule has 0 radical (unpaired) electrons. The van der Waals surface area contributed by atoms with E-state index in [0.29, 0.717) is 41.8 Å². The fourth-order valence-corrected chi connectivity index (χ4v) is 3.35. The summed E-state index contributed by atoms with van der Waals surface area (Å²) in [5.74, 6) is 0. The van der Waals surface area contributed by atoms with Gasteiger partial charge in [-0.1, -0.05) is 18.9 Å². The van der Waals surface area contributed by atoms with Crippen LogP contribution in [0.4, 0.5) is 29.3 Å². The second-order valence-electron chi connectivity index (χ2n) is 6.98. The number of benzene rings is 1. The number of carbonyl (C=O) groups is 1. The Morgan fingerprint density at radius 1 is 1.24 bits per heavy atom. The molecule has 0 fully saturated rings. The van der Waals surface area contributed by atoms with E-state index >= 15 is 0 Å². The molecule has 2 aromatic rings. The van der Waals surface area contributed by atoms with E-state index in [1.54, 1.807) is 30.5 Å². The number of nitrogens with zero attached hydrogens (tertiary/aromatic N) is 1. The van der Waals surface area contributed by atoms with Crippen molar-refractivity contribution in [2.75, 3.05) is 17.7 Å². The second kappa shape index (κ2) is 8.69. The number of aromatic nitrogens is 1. The molecular formula is C20H23F3N4O2. The van der Waals surface area contributed by atoms with Crippen LogP contribution in [0.15, 0.2) is 36.5 Å². The van der Waals surface area contributed by atoms with Crippen molar-refractivity contribution in [3.8, 4) is 11.1 Å². The summed E-state index contributed by atoms with van der Waals surface area (Å²) in [6, 6.07) is 6.18. The third kappa shape index (κ3) is 5.17. The number of halogens is 3. The number of methoxy groups -OCH3 is 1. The van der Waals surface area contributed by atoms with Crippen molar-refractivity contribution in [3.63, 3.8) is 0 Å². The van der Waals surface area contributed by atoms with Crippen LogP contribution in [0.3, 0.4) is 0 Å². The van der Waals surface area contributed by atoms with Crippen LogP contribution in [0.2, 0.25) is 0 Å². The zero-order valence-corrected chi connectivity index (χ0v) is 15.9. The maximum absolute atomic E-state index is 13.6. The van der Waals surface area contributed by atoms with Crippen LogP contribution >= 0.6 is 0 Å². The lowest BCUT2D eigenvalue weighted by molar-refractivity contribution is -0.144. The van der Waals surface area contributed by atoms with Gasteiger partial charge in [0.15, 0.2) is 0 Å². The number of pyridine rings is 1. The molecule has 3 rings (SSSR count). The van der Waals surface area contributed by atoms with Crippen molar-refractivity contribution in [2.45, 2.75) is 43.9 Å². The van der Waals surface area contributed by atoms with Gasteiger partial charge in [-0.15, -0.1) is 0 Å². The number of amides is 1. The average Bonchev–Trinajstić information content (AvgIpc) is 2.68. The highest BCUT2D eigenvalue weighted by molar-refractivity contribution is 5.88. The molecule has 4 N–H and O–H groups in total. The van der Waals surface area contributed by atoms with E-state index in [-0.39, 0.29) is 18.2 Å². The lowest BCUT2D eigenvalue weighted by atomic mass is 9.97. The van der Waals surface area contributed by atoms with Crippen molar-refractivity contribution in [3.05, 3.63) is 42.2 Å². The fraction of sp³-hybridized carbons (Fsp3) is 0.400. The molecule has 2 atom stereocenters. The normalized spacial score (nSPS) is 19.8. The zero-order valence-electron chi connectivity index (χ0n) is 15.9. The summed E-state index contributed by atoms with van der Waals surface area (Å²) in [4.78, 5) is 15.8. The SMILES string of the molecule is COC(=O)Nc1ccc2c(c1)NC(C(F)(F)F)CCCCC(N)c1cc-2ccn1. The number of anilines is 2. The van der Waals surface area contributed by atoms with Gasteiger partial charge in [0.25, 0.3) is 0 Å². The lowest BCUT2D eigenvalue weighted by Gasteiger charge is -2.26.